The van der Waals surface area contributed by atoms with Gasteiger partial charge in [-0.15, -0.1) is 11.6 Å². The van der Waals surface area contributed by atoms with E-state index < -0.39 is 5.60 Å². The molecule has 0 aromatic heterocycles. The van der Waals surface area contributed by atoms with Gasteiger partial charge in [-0.1, -0.05) is 12.1 Å². The van der Waals surface area contributed by atoms with Crippen molar-refractivity contribution in [2.75, 3.05) is 48.4 Å². The van der Waals surface area contributed by atoms with Crippen LogP contribution < -0.4 is 9.80 Å². The van der Waals surface area contributed by atoms with E-state index in [0.717, 1.165) is 11.4 Å². The van der Waals surface area contributed by atoms with Gasteiger partial charge in [0.1, 0.15) is 5.60 Å². The van der Waals surface area contributed by atoms with Gasteiger partial charge in [-0.25, -0.2) is 4.79 Å². The monoisotopic (exact) mass is 393 g/mol. The molecule has 0 spiro atoms. The lowest BCUT2D eigenvalue weighted by Gasteiger charge is -2.38. The largest absolute Gasteiger partial charge is 0.444 e. The smallest absolute Gasteiger partial charge is 0.410 e. The van der Waals surface area contributed by atoms with Crippen molar-refractivity contribution < 1.29 is 14.3 Å². The zero-order valence-corrected chi connectivity index (χ0v) is 17.0. The van der Waals surface area contributed by atoms with Crippen molar-refractivity contribution in [3.05, 3.63) is 24.3 Å². The molecule has 2 amide bonds. The Kier molecular flexibility index (Phi) is 5.84. The fourth-order valence-electron chi connectivity index (χ4n) is 3.53. The Morgan fingerprint density at radius 2 is 1.78 bits per heavy atom. The van der Waals surface area contributed by atoms with Crippen LogP contribution >= 0.6 is 11.6 Å². The van der Waals surface area contributed by atoms with Crippen molar-refractivity contribution in [3.63, 3.8) is 0 Å². The molecule has 0 saturated carbocycles. The molecule has 0 N–H and O–H groups in total. The summed E-state index contributed by atoms with van der Waals surface area (Å²) in [5.74, 6) is 0.829. The summed E-state index contributed by atoms with van der Waals surface area (Å²) in [4.78, 5) is 30.5. The van der Waals surface area contributed by atoms with Gasteiger partial charge in [0.05, 0.1) is 11.4 Å². The molecular weight excluding hydrogens is 366 g/mol. The topological polar surface area (TPSA) is 53.1 Å². The van der Waals surface area contributed by atoms with Crippen molar-refractivity contribution >= 4 is 35.0 Å². The zero-order chi connectivity index (χ0) is 19.6. The second-order valence-electron chi connectivity index (χ2n) is 8.17. The molecule has 148 valence electrons. The number of ether oxygens (including phenoxy) is 1. The molecule has 0 bridgehead atoms. The summed E-state index contributed by atoms with van der Waals surface area (Å²) < 4.78 is 5.46. The van der Waals surface area contributed by atoms with E-state index in [4.69, 9.17) is 16.3 Å². The molecule has 27 heavy (non-hydrogen) atoms. The molecule has 1 atom stereocenters. The lowest BCUT2D eigenvalue weighted by Crippen LogP contribution is -2.50. The number of rotatable bonds is 3. The first-order chi connectivity index (χ1) is 12.8. The number of anilines is 2. The summed E-state index contributed by atoms with van der Waals surface area (Å²) in [5, 5.41) is 0. The Morgan fingerprint density at radius 3 is 2.33 bits per heavy atom. The fraction of sp³-hybridized carbons (Fsp3) is 0.600. The van der Waals surface area contributed by atoms with Crippen LogP contribution in [0.25, 0.3) is 0 Å². The van der Waals surface area contributed by atoms with Crippen molar-refractivity contribution in [2.45, 2.75) is 32.8 Å². The number of carbonyl (C=O) groups excluding carboxylic acids is 2. The molecule has 6 nitrogen and oxygen atoms in total. The molecule has 0 aliphatic carbocycles. The Morgan fingerprint density at radius 1 is 1.15 bits per heavy atom. The van der Waals surface area contributed by atoms with Crippen LogP contribution in [0.2, 0.25) is 0 Å². The van der Waals surface area contributed by atoms with Gasteiger partial charge in [0, 0.05) is 45.0 Å². The molecule has 2 heterocycles. The highest BCUT2D eigenvalue weighted by Gasteiger charge is 2.33. The standard InChI is InChI=1S/C20H28ClN3O3/c1-20(2,3)27-19(26)23-10-8-22(9-11-23)16-6-4-5-7-17(16)24-14-15(13-21)12-18(24)25/h4-7,15H,8-14H2,1-3H3. The lowest BCUT2D eigenvalue weighted by atomic mass is 10.1. The van der Waals surface area contributed by atoms with Gasteiger partial charge < -0.3 is 19.4 Å². The van der Waals surface area contributed by atoms with Crippen molar-refractivity contribution in [1.29, 1.82) is 0 Å². The minimum absolute atomic E-state index is 0.125. The Bertz CT molecular complexity index is 696. The van der Waals surface area contributed by atoms with Crippen LogP contribution in [-0.2, 0) is 9.53 Å². The van der Waals surface area contributed by atoms with Gasteiger partial charge in [-0.05, 0) is 38.8 Å². The van der Waals surface area contributed by atoms with E-state index in [1.807, 2.05) is 49.9 Å². The molecule has 2 fully saturated rings. The molecule has 3 rings (SSSR count). The number of hydrogen-bond donors (Lipinski definition) is 0. The maximum atomic E-state index is 12.4. The number of halogens is 1. The Labute approximate surface area is 166 Å². The van der Waals surface area contributed by atoms with E-state index in [1.165, 1.54) is 0 Å². The molecule has 1 unspecified atom stereocenters. The first kappa shape index (κ1) is 19.8. The lowest BCUT2D eigenvalue weighted by molar-refractivity contribution is -0.117. The van der Waals surface area contributed by atoms with Gasteiger partial charge >= 0.3 is 6.09 Å². The quantitative estimate of drug-likeness (QED) is 0.739. The number of carbonyl (C=O) groups is 2. The van der Waals surface area contributed by atoms with Gasteiger partial charge in [-0.2, -0.15) is 0 Å². The predicted molar refractivity (Wildman–Crippen MR) is 108 cm³/mol. The second kappa shape index (κ2) is 7.97. The number of benzene rings is 1. The van der Waals surface area contributed by atoms with Crippen molar-refractivity contribution in [2.24, 2.45) is 5.92 Å². The Balaban J connectivity index is 1.69. The van der Waals surface area contributed by atoms with Crippen LogP contribution in [0.5, 0.6) is 0 Å². The molecule has 2 saturated heterocycles. The van der Waals surface area contributed by atoms with Crippen LogP contribution in [0.4, 0.5) is 16.2 Å². The van der Waals surface area contributed by atoms with E-state index >= 15 is 0 Å². The van der Waals surface area contributed by atoms with Crippen LogP contribution in [0.3, 0.4) is 0 Å². The molecule has 7 heteroatoms. The van der Waals surface area contributed by atoms with E-state index in [2.05, 4.69) is 4.90 Å². The number of nitrogens with zero attached hydrogens (tertiary/aromatic N) is 3. The highest BCUT2D eigenvalue weighted by atomic mass is 35.5. The summed E-state index contributed by atoms with van der Waals surface area (Å²) in [6, 6.07) is 7.97. The number of hydrogen-bond acceptors (Lipinski definition) is 4. The van der Waals surface area contributed by atoms with Crippen LogP contribution in [0, 0.1) is 5.92 Å². The highest BCUT2D eigenvalue weighted by molar-refractivity contribution is 6.18. The van der Waals surface area contributed by atoms with Gasteiger partial charge in [0.2, 0.25) is 5.91 Å². The van der Waals surface area contributed by atoms with E-state index in [9.17, 15) is 9.59 Å². The Hall–Kier alpha value is -1.95. The molecular formula is C20H28ClN3O3. The number of amides is 2. The highest BCUT2D eigenvalue weighted by Crippen LogP contribution is 2.34. The first-order valence-corrected chi connectivity index (χ1v) is 10.00. The maximum Gasteiger partial charge on any atom is 0.410 e. The number of alkyl halides is 1. The first-order valence-electron chi connectivity index (χ1n) is 9.46. The predicted octanol–water partition coefficient (Wildman–Crippen LogP) is 3.34. The summed E-state index contributed by atoms with van der Waals surface area (Å²) >= 11 is 5.97. The maximum absolute atomic E-state index is 12.4. The normalized spacial score (nSPS) is 21.0. The van der Waals surface area contributed by atoms with E-state index in [-0.39, 0.29) is 17.9 Å². The summed E-state index contributed by atoms with van der Waals surface area (Å²) in [6.45, 7) is 8.89. The third-order valence-corrected chi connectivity index (χ3v) is 5.30. The molecule has 0 radical (unpaired) electrons. The van der Waals surface area contributed by atoms with E-state index in [1.54, 1.807) is 4.90 Å². The summed E-state index contributed by atoms with van der Waals surface area (Å²) in [6.07, 6.45) is 0.236. The van der Waals surface area contributed by atoms with Gasteiger partial charge in [-0.3, -0.25) is 4.79 Å². The third-order valence-electron chi connectivity index (χ3n) is 4.87. The average molecular weight is 394 g/mol. The fourth-order valence-corrected chi connectivity index (χ4v) is 3.74. The molecule has 1 aromatic carbocycles. The van der Waals surface area contributed by atoms with Gasteiger partial charge in [0.15, 0.2) is 0 Å². The van der Waals surface area contributed by atoms with E-state index in [0.29, 0.717) is 45.0 Å². The van der Waals surface area contributed by atoms with Crippen LogP contribution in [0.15, 0.2) is 24.3 Å². The third kappa shape index (κ3) is 4.67. The van der Waals surface area contributed by atoms with Crippen LogP contribution in [-0.4, -0.2) is 61.1 Å². The van der Waals surface area contributed by atoms with Crippen LogP contribution in [0.1, 0.15) is 27.2 Å². The SMILES string of the molecule is CC(C)(C)OC(=O)N1CCN(c2ccccc2N2CC(CCl)CC2=O)CC1. The summed E-state index contributed by atoms with van der Waals surface area (Å²) in [7, 11) is 0. The number of para-hydroxylation sites is 2. The minimum Gasteiger partial charge on any atom is -0.444 e. The second-order valence-corrected chi connectivity index (χ2v) is 8.48. The van der Waals surface area contributed by atoms with Gasteiger partial charge in [0.25, 0.3) is 0 Å². The molecule has 2 aliphatic heterocycles. The zero-order valence-electron chi connectivity index (χ0n) is 16.3. The minimum atomic E-state index is -0.490. The van der Waals surface area contributed by atoms with Crippen molar-refractivity contribution in [1.82, 2.24) is 4.90 Å². The summed E-state index contributed by atoms with van der Waals surface area (Å²) in [5.41, 5.74) is 1.47. The number of piperazine rings is 1. The van der Waals surface area contributed by atoms with Crippen molar-refractivity contribution in [3.8, 4) is 0 Å². The average Bonchev–Trinajstić information content (AvgIpc) is 3.01. The molecule has 1 aromatic rings. The molecule has 2 aliphatic rings.